The highest BCUT2D eigenvalue weighted by Crippen LogP contribution is 2.26. The van der Waals surface area contributed by atoms with Crippen LogP contribution in [0, 0.1) is 5.92 Å². The normalized spacial score (nSPS) is 20.8. The Labute approximate surface area is 113 Å². The fourth-order valence-electron chi connectivity index (χ4n) is 2.31. The molecule has 1 aliphatic heterocycles. The van der Waals surface area contributed by atoms with E-state index >= 15 is 0 Å². The summed E-state index contributed by atoms with van der Waals surface area (Å²) < 4.78 is 0. The molecule has 1 aromatic heterocycles. The van der Waals surface area contributed by atoms with Crippen LogP contribution >= 0.6 is 12.6 Å². The number of thiol groups is 1. The van der Waals surface area contributed by atoms with Crippen molar-refractivity contribution in [2.24, 2.45) is 11.7 Å². The first-order chi connectivity index (χ1) is 8.49. The number of nitrogens with zero attached hydrogens (tertiary/aromatic N) is 1. The van der Waals surface area contributed by atoms with Crippen molar-refractivity contribution in [3.05, 3.63) is 18.0 Å². The maximum atomic E-state index is 11.7. The molecule has 0 spiro atoms. The molecule has 0 saturated carbocycles. The Morgan fingerprint density at radius 1 is 1.56 bits per heavy atom. The number of hydrogen-bond donors (Lipinski definition) is 4. The Hall–Kier alpha value is -1.14. The van der Waals surface area contributed by atoms with E-state index in [1.54, 1.807) is 6.20 Å². The van der Waals surface area contributed by atoms with E-state index < -0.39 is 0 Å². The quantitative estimate of drug-likeness (QED) is 0.619. The number of amides is 1. The maximum absolute atomic E-state index is 11.7. The van der Waals surface area contributed by atoms with Crippen molar-refractivity contribution >= 4 is 24.2 Å². The SMILES string of the molecule is CC(C)CC(N)CN1c2cc[nH]c2C(=O)N[C@@H]1S. The molecule has 0 fully saturated rings. The molecule has 2 heterocycles. The highest BCUT2D eigenvalue weighted by molar-refractivity contribution is 7.81. The van der Waals surface area contributed by atoms with Crippen LogP contribution in [0.5, 0.6) is 0 Å². The van der Waals surface area contributed by atoms with Gasteiger partial charge in [-0.3, -0.25) is 4.79 Å². The van der Waals surface area contributed by atoms with Gasteiger partial charge in [-0.15, -0.1) is 12.6 Å². The fourth-order valence-corrected chi connectivity index (χ4v) is 2.65. The minimum atomic E-state index is -0.320. The van der Waals surface area contributed by atoms with Crippen LogP contribution in [0.4, 0.5) is 5.69 Å². The third-order valence-corrected chi connectivity index (χ3v) is 3.43. The van der Waals surface area contributed by atoms with E-state index in [4.69, 9.17) is 5.73 Å². The zero-order valence-electron chi connectivity index (χ0n) is 10.7. The van der Waals surface area contributed by atoms with Crippen LogP contribution in [0.15, 0.2) is 12.3 Å². The average Bonchev–Trinajstić information content (AvgIpc) is 2.72. The molecule has 1 aromatic rings. The lowest BCUT2D eigenvalue weighted by Crippen LogP contribution is -2.53. The fraction of sp³-hybridized carbons (Fsp3) is 0.583. The lowest BCUT2D eigenvalue weighted by Gasteiger charge is -2.36. The van der Waals surface area contributed by atoms with E-state index in [1.165, 1.54) is 0 Å². The summed E-state index contributed by atoms with van der Waals surface area (Å²) >= 11 is 4.41. The summed E-state index contributed by atoms with van der Waals surface area (Å²) in [6.45, 7) is 4.98. The Morgan fingerprint density at radius 3 is 2.94 bits per heavy atom. The summed E-state index contributed by atoms with van der Waals surface area (Å²) in [4.78, 5) is 16.7. The molecule has 1 unspecified atom stereocenters. The van der Waals surface area contributed by atoms with Gasteiger partial charge in [0.05, 0.1) is 5.69 Å². The Kier molecular flexibility index (Phi) is 3.87. The molecule has 5 nitrogen and oxygen atoms in total. The Morgan fingerprint density at radius 2 is 2.28 bits per heavy atom. The van der Waals surface area contributed by atoms with Gasteiger partial charge in [0, 0.05) is 18.8 Å². The van der Waals surface area contributed by atoms with Crippen molar-refractivity contribution in [1.82, 2.24) is 10.3 Å². The number of H-pyrrole nitrogens is 1. The number of hydrogen-bond acceptors (Lipinski definition) is 4. The minimum Gasteiger partial charge on any atom is -0.355 e. The first-order valence-electron chi connectivity index (χ1n) is 6.17. The third kappa shape index (κ3) is 2.64. The van der Waals surface area contributed by atoms with E-state index in [-0.39, 0.29) is 17.4 Å². The van der Waals surface area contributed by atoms with Crippen LogP contribution < -0.4 is 16.0 Å². The lowest BCUT2D eigenvalue weighted by atomic mass is 10.0. The summed E-state index contributed by atoms with van der Waals surface area (Å²) in [5.41, 5.74) is 7.26. The predicted molar refractivity (Wildman–Crippen MR) is 75.8 cm³/mol. The van der Waals surface area contributed by atoms with Gasteiger partial charge in [0.2, 0.25) is 0 Å². The molecule has 100 valence electrons. The van der Waals surface area contributed by atoms with Crippen LogP contribution in [-0.2, 0) is 0 Å². The van der Waals surface area contributed by atoms with E-state index in [9.17, 15) is 4.79 Å². The number of aromatic nitrogens is 1. The molecule has 2 atom stereocenters. The van der Waals surface area contributed by atoms with Gasteiger partial charge in [0.1, 0.15) is 11.2 Å². The van der Waals surface area contributed by atoms with Gasteiger partial charge >= 0.3 is 0 Å². The van der Waals surface area contributed by atoms with Crippen LogP contribution in [0.1, 0.15) is 30.8 Å². The van der Waals surface area contributed by atoms with Crippen LogP contribution in [0.2, 0.25) is 0 Å². The second-order valence-corrected chi connectivity index (χ2v) is 5.62. The number of anilines is 1. The smallest absolute Gasteiger partial charge is 0.272 e. The van der Waals surface area contributed by atoms with Crippen molar-refractivity contribution in [2.75, 3.05) is 11.4 Å². The lowest BCUT2D eigenvalue weighted by molar-refractivity contribution is 0.0938. The van der Waals surface area contributed by atoms with Gasteiger partial charge in [-0.1, -0.05) is 13.8 Å². The number of fused-ring (bicyclic) bond motifs is 1. The van der Waals surface area contributed by atoms with Crippen LogP contribution in [0.3, 0.4) is 0 Å². The number of carbonyl (C=O) groups is 1. The van der Waals surface area contributed by atoms with Crippen molar-refractivity contribution in [3.8, 4) is 0 Å². The highest BCUT2D eigenvalue weighted by atomic mass is 32.1. The Balaban J connectivity index is 2.13. The number of carbonyl (C=O) groups excluding carboxylic acids is 1. The zero-order chi connectivity index (χ0) is 13.3. The molecular weight excluding hydrogens is 248 g/mol. The molecule has 0 radical (unpaired) electrons. The van der Waals surface area contributed by atoms with Gasteiger partial charge in [0.15, 0.2) is 0 Å². The molecule has 6 heteroatoms. The monoisotopic (exact) mass is 268 g/mol. The second-order valence-electron chi connectivity index (χ2n) is 5.13. The molecule has 0 saturated heterocycles. The predicted octanol–water partition coefficient (Wildman–Crippen LogP) is 1.15. The van der Waals surface area contributed by atoms with Crippen molar-refractivity contribution in [3.63, 3.8) is 0 Å². The summed E-state index contributed by atoms with van der Waals surface area (Å²) in [5, 5.41) is 2.79. The topological polar surface area (TPSA) is 74.1 Å². The van der Waals surface area contributed by atoms with Crippen molar-refractivity contribution < 1.29 is 4.79 Å². The molecule has 0 aromatic carbocycles. The summed E-state index contributed by atoms with van der Waals surface area (Å²) in [7, 11) is 0. The molecule has 1 aliphatic rings. The second kappa shape index (κ2) is 5.24. The zero-order valence-corrected chi connectivity index (χ0v) is 11.6. The first-order valence-corrected chi connectivity index (χ1v) is 6.69. The van der Waals surface area contributed by atoms with Crippen molar-refractivity contribution in [1.29, 1.82) is 0 Å². The average molecular weight is 268 g/mol. The summed E-state index contributed by atoms with van der Waals surface area (Å²) in [6, 6.07) is 1.96. The van der Waals surface area contributed by atoms with Gasteiger partial charge < -0.3 is 20.9 Å². The van der Waals surface area contributed by atoms with E-state index in [0.29, 0.717) is 18.2 Å². The molecule has 4 N–H and O–H groups in total. The maximum Gasteiger partial charge on any atom is 0.272 e. The molecule has 0 aliphatic carbocycles. The summed E-state index contributed by atoms with van der Waals surface area (Å²) in [5.74, 6) is 0.437. The largest absolute Gasteiger partial charge is 0.355 e. The van der Waals surface area contributed by atoms with Gasteiger partial charge in [-0.05, 0) is 18.4 Å². The molecule has 18 heavy (non-hydrogen) atoms. The van der Waals surface area contributed by atoms with Crippen LogP contribution in [-0.4, -0.2) is 29.0 Å². The first kappa shape index (κ1) is 13.3. The number of nitrogens with one attached hydrogen (secondary N) is 2. The molecular formula is C12H20N4OS. The molecule has 1 amide bonds. The van der Waals surface area contributed by atoms with E-state index in [0.717, 1.165) is 12.1 Å². The number of rotatable bonds is 4. The van der Waals surface area contributed by atoms with Gasteiger partial charge in [0.25, 0.3) is 5.91 Å². The summed E-state index contributed by atoms with van der Waals surface area (Å²) in [6.07, 6.45) is 2.71. The Bertz CT molecular complexity index is 431. The van der Waals surface area contributed by atoms with Crippen molar-refractivity contribution in [2.45, 2.75) is 31.8 Å². The number of aromatic amines is 1. The third-order valence-electron chi connectivity index (χ3n) is 3.02. The molecule has 0 bridgehead atoms. The van der Waals surface area contributed by atoms with E-state index in [1.807, 2.05) is 11.0 Å². The molecule has 2 rings (SSSR count). The van der Waals surface area contributed by atoms with E-state index in [2.05, 4.69) is 36.8 Å². The van der Waals surface area contributed by atoms with Gasteiger partial charge in [-0.2, -0.15) is 0 Å². The number of nitrogens with two attached hydrogens (primary N) is 1. The standard InChI is InChI=1S/C12H20N4OS/c1-7(2)5-8(13)6-16-9-3-4-14-10(9)11(17)15-12(16)18/h3-4,7-8,12,14,18H,5-6,13H2,1-2H3,(H,15,17)/t8?,12-/m0/s1. The van der Waals surface area contributed by atoms with Crippen LogP contribution in [0.25, 0.3) is 0 Å². The highest BCUT2D eigenvalue weighted by Gasteiger charge is 2.30. The van der Waals surface area contributed by atoms with Gasteiger partial charge in [-0.25, -0.2) is 0 Å². The minimum absolute atomic E-state index is 0.0670.